The number of ether oxygens (including phenoxy) is 1. The first-order chi connectivity index (χ1) is 6.88. The molecule has 0 saturated carbocycles. The third kappa shape index (κ3) is 3.09. The topological polar surface area (TPSA) is 35.2 Å². The summed E-state index contributed by atoms with van der Waals surface area (Å²) in [6.45, 7) is 5.95. The maximum atomic E-state index is 13.8. The average molecular weight is 248 g/mol. The summed E-state index contributed by atoms with van der Waals surface area (Å²) in [5, 5.41) is 0. The van der Waals surface area contributed by atoms with E-state index in [0.29, 0.717) is 5.56 Å². The smallest absolute Gasteiger partial charge is 0.169 e. The van der Waals surface area contributed by atoms with Crippen LogP contribution in [-0.4, -0.2) is 7.11 Å². The average Bonchev–Trinajstić information content (AvgIpc) is 2.16. The highest BCUT2D eigenvalue weighted by atomic mass is 35.5. The minimum absolute atomic E-state index is 0. The lowest BCUT2D eigenvalue weighted by atomic mass is 9.83. The van der Waals surface area contributed by atoms with Crippen LogP contribution in [0, 0.1) is 11.2 Å². The molecule has 4 heteroatoms. The molecular weight excluding hydrogens is 229 g/mol. The number of nitrogens with two attached hydrogens (primary N) is 1. The first-order valence-corrected chi connectivity index (χ1v) is 4.96. The van der Waals surface area contributed by atoms with Gasteiger partial charge in [-0.1, -0.05) is 32.9 Å². The van der Waals surface area contributed by atoms with Crippen molar-refractivity contribution in [2.45, 2.75) is 26.8 Å². The summed E-state index contributed by atoms with van der Waals surface area (Å²) < 4.78 is 18.8. The van der Waals surface area contributed by atoms with Gasteiger partial charge in [-0.3, -0.25) is 0 Å². The fourth-order valence-corrected chi connectivity index (χ4v) is 1.39. The molecule has 16 heavy (non-hydrogen) atoms. The Hall–Kier alpha value is -0.800. The van der Waals surface area contributed by atoms with Gasteiger partial charge >= 0.3 is 0 Å². The van der Waals surface area contributed by atoms with Crippen LogP contribution in [0.1, 0.15) is 32.4 Å². The van der Waals surface area contributed by atoms with Gasteiger partial charge in [0.05, 0.1) is 7.11 Å². The van der Waals surface area contributed by atoms with Crippen LogP contribution < -0.4 is 10.5 Å². The van der Waals surface area contributed by atoms with E-state index in [-0.39, 0.29) is 35.4 Å². The maximum absolute atomic E-state index is 13.8. The molecule has 92 valence electrons. The molecule has 1 atom stereocenters. The highest BCUT2D eigenvalue weighted by Gasteiger charge is 2.25. The fraction of sp³-hybridized carbons (Fsp3) is 0.500. The van der Waals surface area contributed by atoms with Crippen molar-refractivity contribution in [3.63, 3.8) is 0 Å². The van der Waals surface area contributed by atoms with Crippen molar-refractivity contribution in [1.29, 1.82) is 0 Å². The minimum Gasteiger partial charge on any atom is -0.494 e. The highest BCUT2D eigenvalue weighted by molar-refractivity contribution is 5.85. The lowest BCUT2D eigenvalue weighted by Gasteiger charge is -2.27. The van der Waals surface area contributed by atoms with Gasteiger partial charge in [-0.25, -0.2) is 4.39 Å². The van der Waals surface area contributed by atoms with Crippen LogP contribution in [0.3, 0.4) is 0 Å². The summed E-state index contributed by atoms with van der Waals surface area (Å²) in [5.41, 5.74) is 6.33. The molecule has 0 spiro atoms. The van der Waals surface area contributed by atoms with Crippen LogP contribution in [0.2, 0.25) is 0 Å². The van der Waals surface area contributed by atoms with Gasteiger partial charge in [-0.2, -0.15) is 0 Å². The van der Waals surface area contributed by atoms with Crippen molar-refractivity contribution in [3.05, 3.63) is 29.6 Å². The molecule has 1 rings (SSSR count). The number of benzene rings is 1. The van der Waals surface area contributed by atoms with Crippen LogP contribution in [-0.2, 0) is 0 Å². The number of hydrogen-bond acceptors (Lipinski definition) is 2. The summed E-state index contributed by atoms with van der Waals surface area (Å²) in [5.74, 6) is -0.116. The molecule has 2 N–H and O–H groups in total. The Morgan fingerprint density at radius 2 is 1.88 bits per heavy atom. The number of methoxy groups -OCH3 is 1. The van der Waals surface area contributed by atoms with Gasteiger partial charge in [0.25, 0.3) is 0 Å². The zero-order chi connectivity index (χ0) is 11.6. The summed E-state index contributed by atoms with van der Waals surface area (Å²) in [6.07, 6.45) is 0. The molecule has 2 nitrogen and oxygen atoms in total. The second-order valence-electron chi connectivity index (χ2n) is 4.71. The fourth-order valence-electron chi connectivity index (χ4n) is 1.39. The van der Waals surface area contributed by atoms with E-state index >= 15 is 0 Å². The van der Waals surface area contributed by atoms with E-state index in [0.717, 1.165) is 0 Å². The molecule has 0 aliphatic carbocycles. The van der Waals surface area contributed by atoms with Crippen molar-refractivity contribution < 1.29 is 9.13 Å². The second-order valence-corrected chi connectivity index (χ2v) is 4.71. The lowest BCUT2D eigenvalue weighted by Crippen LogP contribution is -2.27. The predicted molar refractivity (Wildman–Crippen MR) is 66.6 cm³/mol. The van der Waals surface area contributed by atoms with Crippen LogP contribution in [0.4, 0.5) is 4.39 Å². The molecule has 0 aliphatic rings. The Morgan fingerprint density at radius 3 is 2.31 bits per heavy atom. The van der Waals surface area contributed by atoms with E-state index < -0.39 is 0 Å². The summed E-state index contributed by atoms with van der Waals surface area (Å²) in [4.78, 5) is 0. The molecule has 0 saturated heterocycles. The Balaban J connectivity index is 0.00000225. The Labute approximate surface area is 102 Å². The van der Waals surface area contributed by atoms with Crippen LogP contribution >= 0.6 is 12.4 Å². The summed E-state index contributed by atoms with van der Waals surface area (Å²) in [6, 6.07) is 4.71. The largest absolute Gasteiger partial charge is 0.494 e. The summed E-state index contributed by atoms with van der Waals surface area (Å²) >= 11 is 0. The van der Waals surface area contributed by atoms with Gasteiger partial charge < -0.3 is 10.5 Å². The Kier molecular flexibility index (Phi) is 5.23. The molecule has 0 heterocycles. The van der Waals surface area contributed by atoms with Gasteiger partial charge in [-0.05, 0) is 11.5 Å². The highest BCUT2D eigenvalue weighted by Crippen LogP contribution is 2.34. The van der Waals surface area contributed by atoms with Gasteiger partial charge in [-0.15, -0.1) is 12.4 Å². The predicted octanol–water partition coefficient (Wildman–Crippen LogP) is 3.30. The Morgan fingerprint density at radius 1 is 1.31 bits per heavy atom. The molecule has 0 aliphatic heterocycles. The van der Waals surface area contributed by atoms with E-state index in [1.54, 1.807) is 18.2 Å². The second kappa shape index (κ2) is 5.51. The monoisotopic (exact) mass is 247 g/mol. The van der Waals surface area contributed by atoms with E-state index in [4.69, 9.17) is 10.5 Å². The van der Waals surface area contributed by atoms with Crippen LogP contribution in [0.15, 0.2) is 18.2 Å². The molecule has 1 aromatic rings. The van der Waals surface area contributed by atoms with Crippen molar-refractivity contribution >= 4 is 12.4 Å². The SMILES string of the molecule is COc1cccc([C@H](N)C(C)(C)C)c1F.Cl. The maximum Gasteiger partial charge on any atom is 0.169 e. The van der Waals surface area contributed by atoms with Crippen LogP contribution in [0.5, 0.6) is 5.75 Å². The summed E-state index contributed by atoms with van der Waals surface area (Å²) in [7, 11) is 1.45. The zero-order valence-electron chi connectivity index (χ0n) is 10.1. The third-order valence-corrected chi connectivity index (χ3v) is 2.48. The van der Waals surface area contributed by atoms with Crippen molar-refractivity contribution in [1.82, 2.24) is 0 Å². The molecule has 0 aromatic heterocycles. The third-order valence-electron chi connectivity index (χ3n) is 2.48. The molecule has 0 amide bonds. The van der Waals surface area contributed by atoms with Crippen molar-refractivity contribution in [3.8, 4) is 5.75 Å². The molecule has 0 unspecified atom stereocenters. The lowest BCUT2D eigenvalue weighted by molar-refractivity contribution is 0.313. The molecule has 0 fully saturated rings. The first kappa shape index (κ1) is 15.2. The van der Waals surface area contributed by atoms with E-state index in [2.05, 4.69) is 0 Å². The minimum atomic E-state index is -0.359. The van der Waals surface area contributed by atoms with Gasteiger partial charge in [0, 0.05) is 11.6 Å². The molecular formula is C12H19ClFNO. The molecule has 1 aromatic carbocycles. The Bertz CT molecular complexity index is 349. The van der Waals surface area contributed by atoms with Crippen molar-refractivity contribution in [2.75, 3.05) is 7.11 Å². The first-order valence-electron chi connectivity index (χ1n) is 4.96. The quantitative estimate of drug-likeness (QED) is 0.870. The number of hydrogen-bond donors (Lipinski definition) is 1. The van der Waals surface area contributed by atoms with Gasteiger partial charge in [0.15, 0.2) is 11.6 Å². The van der Waals surface area contributed by atoms with E-state index in [9.17, 15) is 4.39 Å². The van der Waals surface area contributed by atoms with Crippen LogP contribution in [0.25, 0.3) is 0 Å². The van der Waals surface area contributed by atoms with E-state index in [1.807, 2.05) is 20.8 Å². The molecule has 0 bridgehead atoms. The van der Waals surface area contributed by atoms with Gasteiger partial charge in [0.1, 0.15) is 0 Å². The number of halogens is 2. The van der Waals surface area contributed by atoms with Crippen molar-refractivity contribution in [2.24, 2.45) is 11.1 Å². The molecule has 0 radical (unpaired) electrons. The number of rotatable bonds is 2. The normalized spacial score (nSPS) is 12.9. The standard InChI is InChI=1S/C12H18FNO.ClH/c1-12(2,3)11(14)8-6-5-7-9(15-4)10(8)13;/h5-7,11H,14H2,1-4H3;1H/t11-;/m0./s1. The zero-order valence-corrected chi connectivity index (χ0v) is 10.9. The van der Waals surface area contributed by atoms with Gasteiger partial charge in [0.2, 0.25) is 0 Å². The van der Waals surface area contributed by atoms with E-state index in [1.165, 1.54) is 7.11 Å².